The second-order valence-electron chi connectivity index (χ2n) is 3.27. The number of aromatic nitrogens is 2. The zero-order valence-corrected chi connectivity index (χ0v) is 10.0. The van der Waals surface area contributed by atoms with Crippen LogP contribution in [0.25, 0.3) is 0 Å². The standard InChI is InChI=1S/C10H16ClN3O/c1-4-14(8(2)7-15-3)9-5-6-12-10(11)13-9/h5-6,8H,4,7H2,1-3H3. The number of hydrogen-bond acceptors (Lipinski definition) is 4. The first-order valence-corrected chi connectivity index (χ1v) is 5.31. The van der Waals surface area contributed by atoms with Gasteiger partial charge in [-0.3, -0.25) is 0 Å². The minimum atomic E-state index is 0.269. The summed E-state index contributed by atoms with van der Waals surface area (Å²) >= 11 is 5.75. The van der Waals surface area contributed by atoms with E-state index in [1.54, 1.807) is 13.3 Å². The first kappa shape index (κ1) is 12.2. The second-order valence-corrected chi connectivity index (χ2v) is 3.61. The highest BCUT2D eigenvalue weighted by atomic mass is 35.5. The first-order valence-electron chi connectivity index (χ1n) is 4.93. The molecule has 0 amide bonds. The van der Waals surface area contributed by atoms with E-state index in [9.17, 15) is 0 Å². The third-order valence-electron chi connectivity index (χ3n) is 2.19. The molecule has 0 bridgehead atoms. The first-order chi connectivity index (χ1) is 7.19. The Morgan fingerprint density at radius 1 is 1.60 bits per heavy atom. The summed E-state index contributed by atoms with van der Waals surface area (Å²) < 4.78 is 5.12. The molecule has 0 N–H and O–H groups in total. The summed E-state index contributed by atoms with van der Waals surface area (Å²) in [4.78, 5) is 10.2. The molecule has 1 unspecified atom stereocenters. The van der Waals surface area contributed by atoms with Crippen molar-refractivity contribution in [2.45, 2.75) is 19.9 Å². The van der Waals surface area contributed by atoms with Crippen molar-refractivity contribution in [2.24, 2.45) is 0 Å². The van der Waals surface area contributed by atoms with Crippen molar-refractivity contribution >= 4 is 17.4 Å². The van der Waals surface area contributed by atoms with Gasteiger partial charge in [-0.2, -0.15) is 0 Å². The van der Waals surface area contributed by atoms with Crippen LogP contribution in [0.3, 0.4) is 0 Å². The van der Waals surface area contributed by atoms with Crippen molar-refractivity contribution in [1.82, 2.24) is 9.97 Å². The molecule has 5 heteroatoms. The lowest BCUT2D eigenvalue weighted by atomic mass is 10.3. The molecule has 0 aliphatic heterocycles. The average molecular weight is 230 g/mol. The number of hydrogen-bond donors (Lipinski definition) is 0. The molecule has 1 aromatic rings. The molecule has 0 spiro atoms. The van der Waals surface area contributed by atoms with Crippen LogP contribution < -0.4 is 4.90 Å². The fourth-order valence-electron chi connectivity index (χ4n) is 1.52. The molecule has 1 atom stereocenters. The van der Waals surface area contributed by atoms with Crippen molar-refractivity contribution in [1.29, 1.82) is 0 Å². The fraction of sp³-hybridized carbons (Fsp3) is 0.600. The van der Waals surface area contributed by atoms with Crippen molar-refractivity contribution in [3.05, 3.63) is 17.5 Å². The molecule has 0 saturated carbocycles. The van der Waals surface area contributed by atoms with Crippen LogP contribution in [0.15, 0.2) is 12.3 Å². The lowest BCUT2D eigenvalue weighted by Gasteiger charge is -2.28. The fourth-order valence-corrected chi connectivity index (χ4v) is 1.66. The Kier molecular flexibility index (Phi) is 4.78. The van der Waals surface area contributed by atoms with Gasteiger partial charge in [-0.15, -0.1) is 0 Å². The van der Waals surface area contributed by atoms with Crippen LogP contribution in [-0.2, 0) is 4.74 Å². The van der Waals surface area contributed by atoms with Gasteiger partial charge in [-0.1, -0.05) is 0 Å². The van der Waals surface area contributed by atoms with Crippen LogP contribution >= 0.6 is 11.6 Å². The molecule has 0 aromatic carbocycles. The Labute approximate surface area is 95.2 Å². The van der Waals surface area contributed by atoms with E-state index in [1.807, 2.05) is 6.07 Å². The highest BCUT2D eigenvalue weighted by Crippen LogP contribution is 2.15. The van der Waals surface area contributed by atoms with E-state index < -0.39 is 0 Å². The molecule has 15 heavy (non-hydrogen) atoms. The smallest absolute Gasteiger partial charge is 0.224 e. The number of ether oxygens (including phenoxy) is 1. The molecule has 84 valence electrons. The van der Waals surface area contributed by atoms with Gasteiger partial charge >= 0.3 is 0 Å². The Hall–Kier alpha value is -0.870. The van der Waals surface area contributed by atoms with E-state index in [1.165, 1.54) is 0 Å². The van der Waals surface area contributed by atoms with Crippen LogP contribution in [0.4, 0.5) is 5.82 Å². The van der Waals surface area contributed by atoms with Crippen molar-refractivity contribution in [3.63, 3.8) is 0 Å². The SMILES string of the molecule is CCN(c1ccnc(Cl)n1)C(C)COC. The minimum absolute atomic E-state index is 0.269. The maximum absolute atomic E-state index is 5.75. The van der Waals surface area contributed by atoms with Gasteiger partial charge in [0.15, 0.2) is 0 Å². The number of likely N-dealkylation sites (N-methyl/N-ethyl adjacent to an activating group) is 1. The normalized spacial score (nSPS) is 12.5. The van der Waals surface area contributed by atoms with Crippen LogP contribution in [0.1, 0.15) is 13.8 Å². The highest BCUT2D eigenvalue weighted by molar-refractivity contribution is 6.28. The molecule has 0 saturated heterocycles. The zero-order chi connectivity index (χ0) is 11.3. The second kappa shape index (κ2) is 5.88. The van der Waals surface area contributed by atoms with E-state index in [4.69, 9.17) is 16.3 Å². The number of nitrogens with zero attached hydrogens (tertiary/aromatic N) is 3. The maximum Gasteiger partial charge on any atom is 0.224 e. The topological polar surface area (TPSA) is 38.2 Å². The third kappa shape index (κ3) is 3.32. The zero-order valence-electron chi connectivity index (χ0n) is 9.27. The molecule has 1 rings (SSSR count). The largest absolute Gasteiger partial charge is 0.383 e. The predicted octanol–water partition coefficient (Wildman–Crippen LogP) is 1.99. The summed E-state index contributed by atoms with van der Waals surface area (Å²) in [6, 6.07) is 2.12. The van der Waals surface area contributed by atoms with E-state index in [0.29, 0.717) is 6.61 Å². The summed E-state index contributed by atoms with van der Waals surface area (Å²) in [7, 11) is 1.69. The summed E-state index contributed by atoms with van der Waals surface area (Å²) in [5.74, 6) is 0.835. The molecule has 1 heterocycles. The molecular formula is C10H16ClN3O. The molecule has 0 fully saturated rings. The lowest BCUT2D eigenvalue weighted by Crippen LogP contribution is -2.36. The Balaban J connectivity index is 2.82. The number of methoxy groups -OCH3 is 1. The summed E-state index contributed by atoms with van der Waals surface area (Å²) in [6.07, 6.45) is 1.66. The Morgan fingerprint density at radius 2 is 2.33 bits per heavy atom. The van der Waals surface area contributed by atoms with E-state index >= 15 is 0 Å². The van der Waals surface area contributed by atoms with Gasteiger partial charge in [-0.05, 0) is 31.5 Å². The van der Waals surface area contributed by atoms with Crippen LogP contribution in [-0.4, -0.2) is 36.3 Å². The third-order valence-corrected chi connectivity index (χ3v) is 2.37. The van der Waals surface area contributed by atoms with Gasteiger partial charge in [0.25, 0.3) is 0 Å². The number of rotatable bonds is 5. The van der Waals surface area contributed by atoms with Gasteiger partial charge < -0.3 is 9.64 Å². The van der Waals surface area contributed by atoms with Crippen molar-refractivity contribution in [3.8, 4) is 0 Å². The van der Waals surface area contributed by atoms with Crippen molar-refractivity contribution < 1.29 is 4.74 Å². The summed E-state index contributed by atoms with van der Waals surface area (Å²) in [6.45, 7) is 5.68. The van der Waals surface area contributed by atoms with E-state index in [-0.39, 0.29) is 11.3 Å². The van der Waals surface area contributed by atoms with Crippen LogP contribution in [0.2, 0.25) is 5.28 Å². The minimum Gasteiger partial charge on any atom is -0.383 e. The van der Waals surface area contributed by atoms with Crippen molar-refractivity contribution in [2.75, 3.05) is 25.2 Å². The molecular weight excluding hydrogens is 214 g/mol. The maximum atomic E-state index is 5.75. The van der Waals surface area contributed by atoms with Gasteiger partial charge in [0.05, 0.1) is 12.6 Å². The predicted molar refractivity (Wildman–Crippen MR) is 61.4 cm³/mol. The van der Waals surface area contributed by atoms with Crippen LogP contribution in [0, 0.1) is 0 Å². The van der Waals surface area contributed by atoms with Gasteiger partial charge in [-0.25, -0.2) is 9.97 Å². The molecule has 0 radical (unpaired) electrons. The Morgan fingerprint density at radius 3 is 2.87 bits per heavy atom. The summed E-state index contributed by atoms with van der Waals surface area (Å²) in [5, 5.41) is 0.274. The molecule has 1 aromatic heterocycles. The average Bonchev–Trinajstić information content (AvgIpc) is 2.19. The van der Waals surface area contributed by atoms with Gasteiger partial charge in [0.2, 0.25) is 5.28 Å². The van der Waals surface area contributed by atoms with E-state index in [2.05, 4.69) is 28.7 Å². The van der Waals surface area contributed by atoms with Crippen LogP contribution in [0.5, 0.6) is 0 Å². The van der Waals surface area contributed by atoms with E-state index in [0.717, 1.165) is 12.4 Å². The Bertz CT molecular complexity index is 308. The van der Waals surface area contributed by atoms with Gasteiger partial charge in [0, 0.05) is 19.9 Å². The number of halogens is 1. The van der Waals surface area contributed by atoms with Gasteiger partial charge in [0.1, 0.15) is 5.82 Å². The molecule has 0 aliphatic rings. The number of anilines is 1. The summed E-state index contributed by atoms with van der Waals surface area (Å²) in [5.41, 5.74) is 0. The highest BCUT2D eigenvalue weighted by Gasteiger charge is 2.13. The molecule has 4 nitrogen and oxygen atoms in total. The quantitative estimate of drug-likeness (QED) is 0.724. The molecule has 0 aliphatic carbocycles. The monoisotopic (exact) mass is 229 g/mol. The lowest BCUT2D eigenvalue weighted by molar-refractivity contribution is 0.181.